The molecule has 0 aliphatic carbocycles. The summed E-state index contributed by atoms with van der Waals surface area (Å²) in [6.07, 6.45) is 0.693. The third-order valence-corrected chi connectivity index (χ3v) is 2.69. The van der Waals surface area contributed by atoms with Crippen molar-refractivity contribution in [3.63, 3.8) is 0 Å². The average molecular weight is 292 g/mol. The van der Waals surface area contributed by atoms with Crippen LogP contribution in [-0.4, -0.2) is 38.1 Å². The second-order valence-electron chi connectivity index (χ2n) is 4.77. The fourth-order valence-electron chi connectivity index (χ4n) is 1.71. The summed E-state index contributed by atoms with van der Waals surface area (Å²) in [5, 5.41) is 8.73. The van der Waals surface area contributed by atoms with Crippen LogP contribution in [0.2, 0.25) is 0 Å². The molecule has 1 N–H and O–H groups in total. The van der Waals surface area contributed by atoms with E-state index in [-0.39, 0.29) is 12.7 Å². The molecule has 4 heteroatoms. The van der Waals surface area contributed by atoms with Crippen LogP contribution in [0.3, 0.4) is 0 Å². The summed E-state index contributed by atoms with van der Waals surface area (Å²) < 4.78 is 16.3. The number of benzene rings is 1. The fourth-order valence-corrected chi connectivity index (χ4v) is 1.71. The van der Waals surface area contributed by atoms with Crippen LogP contribution in [0.15, 0.2) is 18.2 Å². The maximum atomic E-state index is 8.73. The molecule has 0 aliphatic heterocycles. The van der Waals surface area contributed by atoms with Crippen LogP contribution >= 0.6 is 0 Å². The van der Waals surface area contributed by atoms with Gasteiger partial charge in [-0.05, 0) is 32.0 Å². The van der Waals surface area contributed by atoms with Gasteiger partial charge in [-0.3, -0.25) is 0 Å². The quantitative estimate of drug-likeness (QED) is 0.590. The minimum Gasteiger partial charge on any atom is -0.496 e. The van der Waals surface area contributed by atoms with Crippen molar-refractivity contribution in [2.75, 3.05) is 26.9 Å². The molecule has 0 atom stereocenters. The van der Waals surface area contributed by atoms with E-state index < -0.39 is 0 Å². The third kappa shape index (κ3) is 7.14. The van der Waals surface area contributed by atoms with E-state index in [1.54, 1.807) is 7.11 Å². The Morgan fingerprint density at radius 3 is 2.71 bits per heavy atom. The van der Waals surface area contributed by atoms with Crippen LogP contribution in [-0.2, 0) is 16.1 Å². The third-order valence-electron chi connectivity index (χ3n) is 2.69. The summed E-state index contributed by atoms with van der Waals surface area (Å²) in [5.41, 5.74) is 1.85. The number of aliphatic hydroxyl groups excluding tert-OH is 1. The van der Waals surface area contributed by atoms with Gasteiger partial charge >= 0.3 is 0 Å². The number of hydrogen-bond donors (Lipinski definition) is 1. The molecular formula is C17H24O4. The van der Waals surface area contributed by atoms with E-state index in [4.69, 9.17) is 19.3 Å². The number of rotatable bonds is 8. The first kappa shape index (κ1) is 17.5. The van der Waals surface area contributed by atoms with Crippen LogP contribution in [0, 0.1) is 11.8 Å². The first-order chi connectivity index (χ1) is 10.2. The number of ether oxygens (including phenoxy) is 3. The molecule has 1 aromatic carbocycles. The van der Waals surface area contributed by atoms with Gasteiger partial charge in [0.05, 0.1) is 39.6 Å². The summed E-state index contributed by atoms with van der Waals surface area (Å²) in [7, 11) is 1.64. The van der Waals surface area contributed by atoms with Crippen molar-refractivity contribution < 1.29 is 19.3 Å². The minimum absolute atomic E-state index is 0.0783. The van der Waals surface area contributed by atoms with Gasteiger partial charge in [0.1, 0.15) is 5.75 Å². The van der Waals surface area contributed by atoms with Gasteiger partial charge in [-0.25, -0.2) is 0 Å². The second kappa shape index (κ2) is 10.2. The maximum absolute atomic E-state index is 8.73. The smallest absolute Gasteiger partial charge is 0.124 e. The van der Waals surface area contributed by atoms with Crippen LogP contribution in [0.5, 0.6) is 5.75 Å². The Balaban J connectivity index is 2.58. The van der Waals surface area contributed by atoms with Gasteiger partial charge in [0, 0.05) is 17.5 Å². The second-order valence-corrected chi connectivity index (χ2v) is 4.77. The zero-order valence-corrected chi connectivity index (χ0v) is 13.0. The molecule has 0 unspecified atom stereocenters. The predicted molar refractivity (Wildman–Crippen MR) is 82.3 cm³/mol. The highest BCUT2D eigenvalue weighted by molar-refractivity contribution is 5.43. The molecule has 1 rings (SSSR count). The molecule has 0 radical (unpaired) electrons. The Labute approximate surface area is 127 Å². The van der Waals surface area contributed by atoms with E-state index in [2.05, 4.69) is 11.8 Å². The monoisotopic (exact) mass is 292 g/mol. The number of methoxy groups -OCH3 is 1. The van der Waals surface area contributed by atoms with E-state index in [1.165, 1.54) is 0 Å². The molecule has 0 saturated carbocycles. The van der Waals surface area contributed by atoms with Crippen molar-refractivity contribution in [1.29, 1.82) is 0 Å². The summed E-state index contributed by atoms with van der Waals surface area (Å²) >= 11 is 0. The van der Waals surface area contributed by atoms with Crippen molar-refractivity contribution >= 4 is 0 Å². The molecule has 0 amide bonds. The highest BCUT2D eigenvalue weighted by atomic mass is 16.5. The summed E-state index contributed by atoms with van der Waals surface area (Å²) in [4.78, 5) is 0. The first-order valence-corrected chi connectivity index (χ1v) is 7.13. The molecule has 0 bridgehead atoms. The van der Waals surface area contributed by atoms with Gasteiger partial charge in [-0.15, -0.1) is 0 Å². The van der Waals surface area contributed by atoms with Crippen molar-refractivity contribution in [2.24, 2.45) is 0 Å². The summed E-state index contributed by atoms with van der Waals surface area (Å²) in [6.45, 7) is 5.65. The van der Waals surface area contributed by atoms with Gasteiger partial charge in [0.2, 0.25) is 0 Å². The Hall–Kier alpha value is -1.54. The highest BCUT2D eigenvalue weighted by Gasteiger charge is 2.04. The van der Waals surface area contributed by atoms with Crippen molar-refractivity contribution in [1.82, 2.24) is 0 Å². The van der Waals surface area contributed by atoms with Crippen LogP contribution in [0.25, 0.3) is 0 Å². The van der Waals surface area contributed by atoms with Crippen LogP contribution < -0.4 is 4.74 Å². The SMILES string of the molecule is COc1ccc(C#CCCO)cc1COCCOC(C)C. The van der Waals surface area contributed by atoms with Crippen molar-refractivity contribution in [3.8, 4) is 17.6 Å². The van der Waals surface area contributed by atoms with E-state index in [1.807, 2.05) is 32.0 Å². The van der Waals surface area contributed by atoms with Crippen LogP contribution in [0.4, 0.5) is 0 Å². The highest BCUT2D eigenvalue weighted by Crippen LogP contribution is 2.20. The van der Waals surface area contributed by atoms with Gasteiger partial charge in [0.15, 0.2) is 0 Å². The molecule has 0 spiro atoms. The van der Waals surface area contributed by atoms with Gasteiger partial charge < -0.3 is 19.3 Å². The Bertz CT molecular complexity index is 471. The fraction of sp³-hybridized carbons (Fsp3) is 0.529. The molecule has 1 aromatic rings. The van der Waals surface area contributed by atoms with Crippen LogP contribution in [0.1, 0.15) is 31.4 Å². The normalized spacial score (nSPS) is 10.3. The lowest BCUT2D eigenvalue weighted by atomic mass is 10.1. The molecule has 0 saturated heterocycles. The topological polar surface area (TPSA) is 47.9 Å². The lowest BCUT2D eigenvalue weighted by molar-refractivity contribution is 0.0139. The zero-order valence-electron chi connectivity index (χ0n) is 13.0. The van der Waals surface area contributed by atoms with E-state index in [9.17, 15) is 0 Å². The zero-order chi connectivity index (χ0) is 15.5. The van der Waals surface area contributed by atoms with Gasteiger partial charge in [-0.2, -0.15) is 0 Å². The molecule has 0 heterocycles. The van der Waals surface area contributed by atoms with Crippen molar-refractivity contribution in [2.45, 2.75) is 33.0 Å². The number of hydrogen-bond acceptors (Lipinski definition) is 4. The molecular weight excluding hydrogens is 268 g/mol. The Morgan fingerprint density at radius 2 is 2.05 bits per heavy atom. The van der Waals surface area contributed by atoms with Crippen molar-refractivity contribution in [3.05, 3.63) is 29.3 Å². The van der Waals surface area contributed by atoms with E-state index in [0.29, 0.717) is 26.2 Å². The summed E-state index contributed by atoms with van der Waals surface area (Å²) in [5.74, 6) is 6.70. The maximum Gasteiger partial charge on any atom is 0.124 e. The molecule has 116 valence electrons. The van der Waals surface area contributed by atoms with Gasteiger partial charge in [-0.1, -0.05) is 11.8 Å². The molecule has 4 nitrogen and oxygen atoms in total. The standard InChI is InChI=1S/C17H24O4/c1-14(2)21-11-10-20-13-16-12-15(6-4-5-9-18)7-8-17(16)19-3/h7-8,12,14,18H,5,9-11,13H2,1-3H3. The molecule has 21 heavy (non-hydrogen) atoms. The molecule has 0 aromatic heterocycles. The summed E-state index contributed by atoms with van der Waals surface area (Å²) in [6, 6.07) is 5.73. The predicted octanol–water partition coefficient (Wildman–Crippen LogP) is 2.37. The van der Waals surface area contributed by atoms with E-state index in [0.717, 1.165) is 16.9 Å². The number of aliphatic hydroxyl groups is 1. The lowest BCUT2D eigenvalue weighted by Crippen LogP contribution is -2.09. The Morgan fingerprint density at radius 1 is 1.24 bits per heavy atom. The molecule has 0 fully saturated rings. The minimum atomic E-state index is 0.0783. The van der Waals surface area contributed by atoms with E-state index >= 15 is 0 Å². The largest absolute Gasteiger partial charge is 0.496 e. The van der Waals surface area contributed by atoms with Gasteiger partial charge in [0.25, 0.3) is 0 Å². The molecule has 0 aliphatic rings. The lowest BCUT2D eigenvalue weighted by Gasteiger charge is -2.11. The Kier molecular flexibility index (Phi) is 8.53. The first-order valence-electron chi connectivity index (χ1n) is 7.13. The average Bonchev–Trinajstić information content (AvgIpc) is 2.47.